The van der Waals surface area contributed by atoms with E-state index in [1.54, 1.807) is 12.0 Å². The van der Waals surface area contributed by atoms with Crippen molar-refractivity contribution in [3.05, 3.63) is 30.1 Å². The van der Waals surface area contributed by atoms with Gasteiger partial charge in [0.25, 0.3) is 5.91 Å². The molecule has 1 aromatic heterocycles. The predicted octanol–water partition coefficient (Wildman–Crippen LogP) is 3.13. The van der Waals surface area contributed by atoms with Crippen LogP contribution in [0.2, 0.25) is 0 Å². The zero-order valence-electron chi connectivity index (χ0n) is 18.0. The van der Waals surface area contributed by atoms with E-state index >= 15 is 0 Å². The number of rotatable bonds is 6. The van der Waals surface area contributed by atoms with Crippen LogP contribution in [0.15, 0.2) is 24.3 Å². The van der Waals surface area contributed by atoms with Gasteiger partial charge in [-0.1, -0.05) is 37.8 Å². The van der Waals surface area contributed by atoms with E-state index in [0.717, 1.165) is 36.7 Å². The molecule has 1 N–H and O–H groups in total. The first-order valence-electron chi connectivity index (χ1n) is 11.1. The van der Waals surface area contributed by atoms with Crippen molar-refractivity contribution in [1.29, 1.82) is 0 Å². The Morgan fingerprint density at radius 3 is 2.70 bits per heavy atom. The number of imidazole rings is 1. The number of carbonyl (C=O) groups is 2. The number of para-hydroxylation sites is 2. The van der Waals surface area contributed by atoms with Crippen LogP contribution in [0.25, 0.3) is 11.0 Å². The molecule has 0 spiro atoms. The molecule has 1 saturated carbocycles. The molecule has 0 saturated heterocycles. The fraction of sp³-hybridized carbons (Fsp3) is 0.609. The van der Waals surface area contributed by atoms with Crippen molar-refractivity contribution in [2.45, 2.75) is 70.0 Å². The molecule has 1 fully saturated rings. The van der Waals surface area contributed by atoms with Crippen LogP contribution in [0.1, 0.15) is 62.5 Å². The first-order chi connectivity index (χ1) is 14.5. The summed E-state index contributed by atoms with van der Waals surface area (Å²) in [4.78, 5) is 33.3. The number of methoxy groups -OCH3 is 1. The summed E-state index contributed by atoms with van der Waals surface area (Å²) < 4.78 is 7.10. The second-order valence-corrected chi connectivity index (χ2v) is 8.75. The summed E-state index contributed by atoms with van der Waals surface area (Å²) in [5, 5.41) is 3.28. The molecule has 2 heterocycles. The normalized spacial score (nSPS) is 22.7. The zero-order valence-corrected chi connectivity index (χ0v) is 18.0. The SMILES string of the molecule is COCCCN1C(=O)c2nc3ccccc3n2C[C@@]1(C)C(=O)NC1CCCCCC1. The van der Waals surface area contributed by atoms with Crippen LogP contribution in [-0.2, 0) is 16.1 Å². The number of benzene rings is 1. The van der Waals surface area contributed by atoms with Crippen molar-refractivity contribution >= 4 is 22.8 Å². The predicted molar refractivity (Wildman–Crippen MR) is 115 cm³/mol. The lowest BCUT2D eigenvalue weighted by atomic mass is 9.93. The van der Waals surface area contributed by atoms with Gasteiger partial charge in [-0.15, -0.1) is 0 Å². The summed E-state index contributed by atoms with van der Waals surface area (Å²) in [5.74, 6) is 0.157. The maximum absolute atomic E-state index is 13.6. The van der Waals surface area contributed by atoms with E-state index in [1.165, 1.54) is 12.8 Å². The van der Waals surface area contributed by atoms with Crippen LogP contribution in [0.5, 0.6) is 0 Å². The molecule has 162 valence electrons. The number of carbonyl (C=O) groups excluding carboxylic acids is 2. The third-order valence-electron chi connectivity index (χ3n) is 6.56. The maximum atomic E-state index is 13.6. The van der Waals surface area contributed by atoms with Gasteiger partial charge in [-0.3, -0.25) is 9.59 Å². The molecule has 1 aromatic carbocycles. The minimum absolute atomic E-state index is 0.0661. The number of hydrogen-bond donors (Lipinski definition) is 1. The highest BCUT2D eigenvalue weighted by molar-refractivity contribution is 6.01. The summed E-state index contributed by atoms with van der Waals surface area (Å²) in [6.45, 7) is 3.30. The Kier molecular flexibility index (Phi) is 6.09. The van der Waals surface area contributed by atoms with Crippen LogP contribution in [-0.4, -0.2) is 58.1 Å². The van der Waals surface area contributed by atoms with E-state index in [1.807, 2.05) is 35.8 Å². The lowest BCUT2D eigenvalue weighted by Gasteiger charge is -2.44. The van der Waals surface area contributed by atoms with Crippen molar-refractivity contribution in [2.75, 3.05) is 20.3 Å². The summed E-state index contributed by atoms with van der Waals surface area (Å²) in [6, 6.07) is 7.92. The second kappa shape index (κ2) is 8.76. The van der Waals surface area contributed by atoms with Gasteiger partial charge in [0.15, 0.2) is 5.82 Å². The summed E-state index contributed by atoms with van der Waals surface area (Å²) in [6.07, 6.45) is 7.46. The number of nitrogens with one attached hydrogen (secondary N) is 1. The highest BCUT2D eigenvalue weighted by atomic mass is 16.5. The first kappa shape index (κ1) is 20.8. The van der Waals surface area contributed by atoms with E-state index in [-0.39, 0.29) is 17.9 Å². The van der Waals surface area contributed by atoms with Crippen LogP contribution in [0.3, 0.4) is 0 Å². The number of aromatic nitrogens is 2. The number of amides is 2. The average Bonchev–Trinajstić information content (AvgIpc) is 2.91. The van der Waals surface area contributed by atoms with Gasteiger partial charge in [0, 0.05) is 26.3 Å². The Balaban J connectivity index is 1.66. The summed E-state index contributed by atoms with van der Waals surface area (Å²) in [5.41, 5.74) is 0.713. The highest BCUT2D eigenvalue weighted by Gasteiger charge is 2.48. The van der Waals surface area contributed by atoms with Gasteiger partial charge < -0.3 is 19.5 Å². The molecule has 1 aliphatic carbocycles. The van der Waals surface area contributed by atoms with Crippen LogP contribution in [0, 0.1) is 0 Å². The molecule has 7 heteroatoms. The minimum atomic E-state index is -0.965. The van der Waals surface area contributed by atoms with Gasteiger partial charge in [-0.2, -0.15) is 0 Å². The van der Waals surface area contributed by atoms with Crippen LogP contribution < -0.4 is 5.32 Å². The molecule has 2 aliphatic rings. The molecule has 30 heavy (non-hydrogen) atoms. The van der Waals surface area contributed by atoms with Crippen molar-refractivity contribution in [1.82, 2.24) is 19.8 Å². The van der Waals surface area contributed by atoms with Crippen LogP contribution >= 0.6 is 0 Å². The molecule has 4 rings (SSSR count). The van der Waals surface area contributed by atoms with E-state index in [2.05, 4.69) is 10.3 Å². The maximum Gasteiger partial charge on any atom is 0.290 e. The quantitative estimate of drug-likeness (QED) is 0.584. The van der Waals surface area contributed by atoms with Crippen molar-refractivity contribution in [2.24, 2.45) is 0 Å². The molecule has 0 bridgehead atoms. The smallest absolute Gasteiger partial charge is 0.290 e. The Morgan fingerprint density at radius 2 is 1.97 bits per heavy atom. The molecule has 1 atom stereocenters. The average molecular weight is 413 g/mol. The van der Waals surface area contributed by atoms with Crippen molar-refractivity contribution < 1.29 is 14.3 Å². The van der Waals surface area contributed by atoms with E-state index in [4.69, 9.17) is 4.74 Å². The van der Waals surface area contributed by atoms with Crippen molar-refractivity contribution in [3.63, 3.8) is 0 Å². The van der Waals surface area contributed by atoms with Gasteiger partial charge in [0.2, 0.25) is 5.91 Å². The summed E-state index contributed by atoms with van der Waals surface area (Å²) >= 11 is 0. The fourth-order valence-corrected chi connectivity index (χ4v) is 4.81. The van der Waals surface area contributed by atoms with Crippen LogP contribution in [0.4, 0.5) is 0 Å². The molecule has 2 amide bonds. The molecule has 2 aromatic rings. The Morgan fingerprint density at radius 1 is 1.23 bits per heavy atom. The molecule has 0 radical (unpaired) electrons. The molecule has 1 aliphatic heterocycles. The van der Waals surface area contributed by atoms with Gasteiger partial charge >= 0.3 is 0 Å². The number of hydrogen-bond acceptors (Lipinski definition) is 4. The third kappa shape index (κ3) is 3.83. The standard InChI is InChI=1S/C23H32N4O3/c1-23(22(29)24-17-10-5-3-4-6-11-17)16-26-19-13-8-7-12-18(19)25-20(26)21(28)27(23)14-9-15-30-2/h7-8,12-13,17H,3-6,9-11,14-16H2,1-2H3,(H,24,29)/t23-/m0/s1. The van der Waals surface area contributed by atoms with E-state index in [9.17, 15) is 9.59 Å². The largest absolute Gasteiger partial charge is 0.385 e. The number of fused-ring (bicyclic) bond motifs is 3. The number of nitrogens with zero attached hydrogens (tertiary/aromatic N) is 3. The molecule has 0 unspecified atom stereocenters. The fourth-order valence-electron chi connectivity index (χ4n) is 4.81. The molecule has 7 nitrogen and oxygen atoms in total. The van der Waals surface area contributed by atoms with Gasteiger partial charge in [-0.25, -0.2) is 4.98 Å². The van der Waals surface area contributed by atoms with E-state index < -0.39 is 5.54 Å². The minimum Gasteiger partial charge on any atom is -0.385 e. The van der Waals surface area contributed by atoms with Gasteiger partial charge in [0.1, 0.15) is 5.54 Å². The van der Waals surface area contributed by atoms with Gasteiger partial charge in [-0.05, 0) is 38.3 Å². The summed E-state index contributed by atoms with van der Waals surface area (Å²) in [7, 11) is 1.65. The Bertz CT molecular complexity index is 916. The molecular weight excluding hydrogens is 380 g/mol. The first-order valence-corrected chi connectivity index (χ1v) is 11.1. The third-order valence-corrected chi connectivity index (χ3v) is 6.56. The van der Waals surface area contributed by atoms with Gasteiger partial charge in [0.05, 0.1) is 17.6 Å². The Labute approximate surface area is 177 Å². The van der Waals surface area contributed by atoms with E-state index in [0.29, 0.717) is 31.9 Å². The lowest BCUT2D eigenvalue weighted by Crippen LogP contribution is -2.65. The zero-order chi connectivity index (χ0) is 21.1. The highest BCUT2D eigenvalue weighted by Crippen LogP contribution is 2.31. The monoisotopic (exact) mass is 412 g/mol. The second-order valence-electron chi connectivity index (χ2n) is 8.75. The number of ether oxygens (including phenoxy) is 1. The lowest BCUT2D eigenvalue weighted by molar-refractivity contribution is -0.133. The Hall–Kier alpha value is -2.41. The topological polar surface area (TPSA) is 76.5 Å². The van der Waals surface area contributed by atoms with Crippen molar-refractivity contribution in [3.8, 4) is 0 Å². The molecular formula is C23H32N4O3.